The second-order valence-corrected chi connectivity index (χ2v) is 6.53. The fourth-order valence-electron chi connectivity index (χ4n) is 3.39. The summed E-state index contributed by atoms with van der Waals surface area (Å²) in [5.74, 6) is 1.02. The highest BCUT2D eigenvalue weighted by molar-refractivity contribution is 5.30. The summed E-state index contributed by atoms with van der Waals surface area (Å²) < 4.78 is 5.48. The Morgan fingerprint density at radius 2 is 2.14 bits per heavy atom. The molecule has 0 spiro atoms. The van der Waals surface area contributed by atoms with Crippen LogP contribution in [0.15, 0.2) is 28.8 Å². The molecule has 0 unspecified atom stereocenters. The molecular formula is C19H26N2O. The van der Waals surface area contributed by atoms with Crippen molar-refractivity contribution >= 4 is 0 Å². The molecule has 1 atom stereocenters. The standard InChI is InChI=1S/C19H26N2O/c1-4-6-17-12-18(20-22-17)19-7-5-10-21(19)13-16-11-14(2)8-9-15(16)3/h8-9,11-12,19H,4-7,10,13H2,1-3H3/t19-/m0/s1. The van der Waals surface area contributed by atoms with E-state index < -0.39 is 0 Å². The first kappa shape index (κ1) is 15.3. The summed E-state index contributed by atoms with van der Waals surface area (Å²) in [6.07, 6.45) is 4.51. The topological polar surface area (TPSA) is 29.3 Å². The number of rotatable bonds is 5. The Hall–Kier alpha value is -1.61. The van der Waals surface area contributed by atoms with E-state index in [1.807, 2.05) is 0 Å². The maximum absolute atomic E-state index is 5.48. The number of hydrogen-bond donors (Lipinski definition) is 0. The Morgan fingerprint density at radius 3 is 2.95 bits per heavy atom. The van der Waals surface area contributed by atoms with Crippen molar-refractivity contribution in [1.82, 2.24) is 10.1 Å². The molecule has 22 heavy (non-hydrogen) atoms. The van der Waals surface area contributed by atoms with Crippen molar-refractivity contribution in [1.29, 1.82) is 0 Å². The fourth-order valence-corrected chi connectivity index (χ4v) is 3.39. The van der Waals surface area contributed by atoms with E-state index in [2.05, 4.69) is 55.1 Å². The van der Waals surface area contributed by atoms with Crippen LogP contribution in [0.3, 0.4) is 0 Å². The third kappa shape index (κ3) is 3.25. The number of aryl methyl sites for hydroxylation is 3. The summed E-state index contributed by atoms with van der Waals surface area (Å²) >= 11 is 0. The van der Waals surface area contributed by atoms with Crippen LogP contribution < -0.4 is 0 Å². The van der Waals surface area contributed by atoms with Crippen molar-refractivity contribution in [2.24, 2.45) is 0 Å². The van der Waals surface area contributed by atoms with Gasteiger partial charge in [0.15, 0.2) is 0 Å². The number of likely N-dealkylation sites (tertiary alicyclic amines) is 1. The van der Waals surface area contributed by atoms with Crippen LogP contribution in [0.25, 0.3) is 0 Å². The van der Waals surface area contributed by atoms with Gasteiger partial charge in [0.05, 0.1) is 6.04 Å². The van der Waals surface area contributed by atoms with Crippen LogP contribution in [-0.4, -0.2) is 16.6 Å². The lowest BCUT2D eigenvalue weighted by atomic mass is 10.0. The Labute approximate surface area is 133 Å². The second-order valence-electron chi connectivity index (χ2n) is 6.53. The molecule has 3 rings (SSSR count). The molecule has 1 saturated heterocycles. The highest BCUT2D eigenvalue weighted by atomic mass is 16.5. The van der Waals surface area contributed by atoms with Crippen LogP contribution in [0, 0.1) is 13.8 Å². The van der Waals surface area contributed by atoms with Gasteiger partial charge in [-0.15, -0.1) is 0 Å². The van der Waals surface area contributed by atoms with E-state index in [9.17, 15) is 0 Å². The minimum atomic E-state index is 0.411. The van der Waals surface area contributed by atoms with Gasteiger partial charge in [-0.25, -0.2) is 0 Å². The first-order valence-electron chi connectivity index (χ1n) is 8.43. The molecule has 118 valence electrons. The molecule has 0 aliphatic carbocycles. The molecule has 1 aromatic heterocycles. The van der Waals surface area contributed by atoms with E-state index in [4.69, 9.17) is 4.52 Å². The predicted octanol–water partition coefficient (Wildman–Crippen LogP) is 4.58. The van der Waals surface area contributed by atoms with E-state index in [-0.39, 0.29) is 0 Å². The van der Waals surface area contributed by atoms with E-state index >= 15 is 0 Å². The van der Waals surface area contributed by atoms with Gasteiger partial charge in [-0.1, -0.05) is 35.8 Å². The van der Waals surface area contributed by atoms with Crippen molar-refractivity contribution in [3.8, 4) is 0 Å². The summed E-state index contributed by atoms with van der Waals surface area (Å²) in [7, 11) is 0. The van der Waals surface area contributed by atoms with Gasteiger partial charge < -0.3 is 4.52 Å². The normalized spacial score (nSPS) is 19.0. The van der Waals surface area contributed by atoms with E-state index in [0.717, 1.165) is 37.4 Å². The van der Waals surface area contributed by atoms with Crippen molar-refractivity contribution in [2.45, 2.75) is 59.0 Å². The summed E-state index contributed by atoms with van der Waals surface area (Å²) in [6.45, 7) is 8.70. The number of hydrogen-bond acceptors (Lipinski definition) is 3. The van der Waals surface area contributed by atoms with Gasteiger partial charge in [0.25, 0.3) is 0 Å². The van der Waals surface area contributed by atoms with E-state index in [0.29, 0.717) is 6.04 Å². The molecule has 0 radical (unpaired) electrons. The SMILES string of the molecule is CCCc1cc([C@@H]2CCCN2Cc2cc(C)ccc2C)no1. The monoisotopic (exact) mass is 298 g/mol. The number of aromatic nitrogens is 1. The average Bonchev–Trinajstić information content (AvgIpc) is 3.12. The molecule has 1 aromatic carbocycles. The molecular weight excluding hydrogens is 272 g/mol. The second kappa shape index (κ2) is 6.66. The highest BCUT2D eigenvalue weighted by Gasteiger charge is 2.28. The van der Waals surface area contributed by atoms with Crippen LogP contribution in [0.1, 0.15) is 60.4 Å². The Bertz CT molecular complexity index is 632. The van der Waals surface area contributed by atoms with Crippen LogP contribution in [0.2, 0.25) is 0 Å². The third-order valence-electron chi connectivity index (χ3n) is 4.66. The van der Waals surface area contributed by atoms with Crippen molar-refractivity contribution in [3.05, 3.63) is 52.4 Å². The smallest absolute Gasteiger partial charge is 0.137 e. The lowest BCUT2D eigenvalue weighted by Crippen LogP contribution is -2.23. The maximum atomic E-state index is 5.48. The summed E-state index contributed by atoms with van der Waals surface area (Å²) in [6, 6.07) is 9.31. The molecule has 2 aromatic rings. The molecule has 3 heteroatoms. The van der Waals surface area contributed by atoms with E-state index in [1.165, 1.54) is 29.5 Å². The van der Waals surface area contributed by atoms with Crippen LogP contribution in [-0.2, 0) is 13.0 Å². The number of nitrogens with zero attached hydrogens (tertiary/aromatic N) is 2. The first-order chi connectivity index (χ1) is 10.7. The molecule has 1 aliphatic rings. The van der Waals surface area contributed by atoms with Gasteiger partial charge in [-0.3, -0.25) is 4.90 Å². The zero-order valence-corrected chi connectivity index (χ0v) is 13.9. The molecule has 0 amide bonds. The molecule has 1 aliphatic heterocycles. The van der Waals surface area contributed by atoms with Gasteiger partial charge in [0, 0.05) is 19.0 Å². The maximum Gasteiger partial charge on any atom is 0.137 e. The van der Waals surface area contributed by atoms with Gasteiger partial charge in [-0.2, -0.15) is 0 Å². The molecule has 0 bridgehead atoms. The minimum Gasteiger partial charge on any atom is -0.361 e. The molecule has 3 nitrogen and oxygen atoms in total. The Kier molecular flexibility index (Phi) is 4.63. The van der Waals surface area contributed by atoms with Crippen LogP contribution in [0.5, 0.6) is 0 Å². The zero-order chi connectivity index (χ0) is 15.5. The van der Waals surface area contributed by atoms with Crippen LogP contribution in [0.4, 0.5) is 0 Å². The minimum absolute atomic E-state index is 0.411. The van der Waals surface area contributed by atoms with Crippen molar-refractivity contribution in [3.63, 3.8) is 0 Å². The van der Waals surface area contributed by atoms with Crippen molar-refractivity contribution in [2.75, 3.05) is 6.54 Å². The molecule has 0 saturated carbocycles. The molecule has 0 N–H and O–H groups in total. The van der Waals surface area contributed by atoms with Gasteiger partial charge >= 0.3 is 0 Å². The summed E-state index contributed by atoms with van der Waals surface area (Å²) in [4.78, 5) is 2.55. The third-order valence-corrected chi connectivity index (χ3v) is 4.66. The number of benzene rings is 1. The Balaban J connectivity index is 1.76. The summed E-state index contributed by atoms with van der Waals surface area (Å²) in [5, 5.41) is 4.33. The lowest BCUT2D eigenvalue weighted by Gasteiger charge is -2.23. The lowest BCUT2D eigenvalue weighted by molar-refractivity contribution is 0.236. The van der Waals surface area contributed by atoms with Crippen molar-refractivity contribution < 1.29 is 4.52 Å². The van der Waals surface area contributed by atoms with Gasteiger partial charge in [0.2, 0.25) is 0 Å². The Morgan fingerprint density at radius 1 is 1.27 bits per heavy atom. The highest BCUT2D eigenvalue weighted by Crippen LogP contribution is 2.33. The van der Waals surface area contributed by atoms with Gasteiger partial charge in [0.1, 0.15) is 11.5 Å². The summed E-state index contributed by atoms with van der Waals surface area (Å²) in [5.41, 5.74) is 5.27. The average molecular weight is 298 g/mol. The quantitative estimate of drug-likeness (QED) is 0.809. The molecule has 2 heterocycles. The largest absolute Gasteiger partial charge is 0.361 e. The van der Waals surface area contributed by atoms with Crippen LogP contribution >= 0.6 is 0 Å². The van der Waals surface area contributed by atoms with E-state index in [1.54, 1.807) is 0 Å². The fraction of sp³-hybridized carbons (Fsp3) is 0.526. The molecule has 1 fully saturated rings. The predicted molar refractivity (Wildman–Crippen MR) is 88.8 cm³/mol. The van der Waals surface area contributed by atoms with Gasteiger partial charge in [-0.05, 0) is 50.8 Å². The first-order valence-corrected chi connectivity index (χ1v) is 8.43. The zero-order valence-electron chi connectivity index (χ0n) is 13.9.